The Morgan fingerprint density at radius 2 is 1.68 bits per heavy atom. The predicted octanol–water partition coefficient (Wildman–Crippen LogP) is 4.27. The Balaban J connectivity index is 2.06. The van der Waals surface area contributed by atoms with Crippen LogP contribution in [0, 0.1) is 0 Å². The number of rotatable bonds is 8. The number of benzene rings is 1. The average molecular weight is 266 g/mol. The van der Waals surface area contributed by atoms with Gasteiger partial charge in [-0.2, -0.15) is 0 Å². The second-order valence-corrected chi connectivity index (χ2v) is 4.46. The highest BCUT2D eigenvalue weighted by molar-refractivity contribution is 5.63. The van der Waals surface area contributed by atoms with Crippen LogP contribution in [-0.2, 0) is 4.74 Å². The molecule has 1 aromatic carbocycles. The first-order valence-corrected chi connectivity index (χ1v) is 6.86. The van der Waals surface area contributed by atoms with E-state index in [2.05, 4.69) is 6.92 Å². The van der Waals surface area contributed by atoms with Gasteiger partial charge >= 0.3 is 6.16 Å². The molecule has 0 radical (unpaired) electrons. The molecular formula is C15H22O4. The third-order valence-electron chi connectivity index (χ3n) is 2.76. The summed E-state index contributed by atoms with van der Waals surface area (Å²) < 4.78 is 9.90. The van der Waals surface area contributed by atoms with E-state index in [0.29, 0.717) is 12.4 Å². The maximum absolute atomic E-state index is 11.3. The Bertz CT molecular complexity index is 359. The maximum atomic E-state index is 11.3. The zero-order valence-electron chi connectivity index (χ0n) is 11.4. The summed E-state index contributed by atoms with van der Waals surface area (Å²) >= 11 is 0. The molecule has 0 spiro atoms. The van der Waals surface area contributed by atoms with Crippen LogP contribution < -0.4 is 4.74 Å². The lowest BCUT2D eigenvalue weighted by Gasteiger charge is -2.05. The molecule has 4 heteroatoms. The molecule has 1 rings (SSSR count). The van der Waals surface area contributed by atoms with Gasteiger partial charge in [0.15, 0.2) is 0 Å². The number of aromatic hydroxyl groups is 1. The smallest absolute Gasteiger partial charge is 0.508 e. The normalized spacial score (nSPS) is 10.2. The van der Waals surface area contributed by atoms with Gasteiger partial charge in [-0.15, -0.1) is 0 Å². The van der Waals surface area contributed by atoms with E-state index in [-0.39, 0.29) is 5.75 Å². The lowest BCUT2D eigenvalue weighted by molar-refractivity contribution is 0.0972. The highest BCUT2D eigenvalue weighted by atomic mass is 16.7. The van der Waals surface area contributed by atoms with Gasteiger partial charge in [-0.05, 0) is 30.7 Å². The molecule has 4 nitrogen and oxygen atoms in total. The summed E-state index contributed by atoms with van der Waals surface area (Å²) in [6.07, 6.45) is 6.18. The number of phenolic OH excluding ortho intramolecular Hbond substituents is 1. The molecule has 106 valence electrons. The first-order valence-electron chi connectivity index (χ1n) is 6.86. The van der Waals surface area contributed by atoms with Crippen LogP contribution in [0.2, 0.25) is 0 Å². The summed E-state index contributed by atoms with van der Waals surface area (Å²) in [6.45, 7) is 2.57. The second kappa shape index (κ2) is 9.25. The highest BCUT2D eigenvalue weighted by Gasteiger charge is 2.05. The molecule has 0 saturated carbocycles. The minimum Gasteiger partial charge on any atom is -0.508 e. The van der Waals surface area contributed by atoms with Crippen molar-refractivity contribution in [2.45, 2.75) is 45.4 Å². The Morgan fingerprint density at radius 1 is 1.05 bits per heavy atom. The van der Waals surface area contributed by atoms with Crippen molar-refractivity contribution in [3.05, 3.63) is 24.3 Å². The molecule has 1 aromatic rings. The number of hydrogen-bond acceptors (Lipinski definition) is 4. The highest BCUT2D eigenvalue weighted by Crippen LogP contribution is 2.16. The van der Waals surface area contributed by atoms with Crippen molar-refractivity contribution in [3.63, 3.8) is 0 Å². The van der Waals surface area contributed by atoms with E-state index in [9.17, 15) is 4.79 Å². The van der Waals surface area contributed by atoms with Crippen LogP contribution in [-0.4, -0.2) is 17.9 Å². The molecule has 0 aromatic heterocycles. The third-order valence-corrected chi connectivity index (χ3v) is 2.76. The van der Waals surface area contributed by atoms with Crippen molar-refractivity contribution in [1.29, 1.82) is 0 Å². The van der Waals surface area contributed by atoms with E-state index in [4.69, 9.17) is 14.6 Å². The molecule has 0 unspecified atom stereocenters. The zero-order chi connectivity index (χ0) is 13.9. The molecule has 0 aliphatic carbocycles. The summed E-state index contributed by atoms with van der Waals surface area (Å²) in [6, 6.07) is 5.94. The molecule has 0 saturated heterocycles. The van der Waals surface area contributed by atoms with Gasteiger partial charge in [-0.1, -0.05) is 39.0 Å². The van der Waals surface area contributed by atoms with Crippen molar-refractivity contribution in [3.8, 4) is 11.5 Å². The number of hydrogen-bond donors (Lipinski definition) is 1. The van der Waals surface area contributed by atoms with Gasteiger partial charge in [-0.3, -0.25) is 0 Å². The molecular weight excluding hydrogens is 244 g/mol. The fraction of sp³-hybridized carbons (Fsp3) is 0.533. The van der Waals surface area contributed by atoms with Crippen LogP contribution >= 0.6 is 0 Å². The summed E-state index contributed by atoms with van der Waals surface area (Å²) in [7, 11) is 0. The first-order chi connectivity index (χ1) is 9.22. The fourth-order valence-corrected chi connectivity index (χ4v) is 1.68. The van der Waals surface area contributed by atoms with E-state index < -0.39 is 6.16 Å². The van der Waals surface area contributed by atoms with Crippen LogP contribution in [0.25, 0.3) is 0 Å². The summed E-state index contributed by atoms with van der Waals surface area (Å²) in [5.74, 6) is 0.499. The van der Waals surface area contributed by atoms with Crippen LogP contribution in [0.3, 0.4) is 0 Å². The second-order valence-electron chi connectivity index (χ2n) is 4.46. The Hall–Kier alpha value is -1.71. The average Bonchev–Trinajstić information content (AvgIpc) is 2.40. The van der Waals surface area contributed by atoms with E-state index in [1.807, 2.05) is 0 Å². The van der Waals surface area contributed by atoms with Crippen molar-refractivity contribution < 1.29 is 19.4 Å². The van der Waals surface area contributed by atoms with Crippen molar-refractivity contribution >= 4 is 6.16 Å². The topological polar surface area (TPSA) is 55.8 Å². The molecule has 1 N–H and O–H groups in total. The molecule has 0 amide bonds. The standard InChI is InChI=1S/C15H22O4/c1-2-3-4-5-6-7-12-18-15(17)19-14-10-8-13(16)9-11-14/h8-11,16H,2-7,12H2,1H3. The van der Waals surface area contributed by atoms with Crippen LogP contribution in [0.1, 0.15) is 45.4 Å². The van der Waals surface area contributed by atoms with E-state index in [0.717, 1.165) is 12.8 Å². The minimum atomic E-state index is -0.695. The summed E-state index contributed by atoms with van der Waals surface area (Å²) in [5.41, 5.74) is 0. The van der Waals surface area contributed by atoms with Crippen LogP contribution in [0.4, 0.5) is 4.79 Å². The number of phenols is 1. The van der Waals surface area contributed by atoms with E-state index >= 15 is 0 Å². The first kappa shape index (κ1) is 15.3. The lowest BCUT2D eigenvalue weighted by atomic mass is 10.1. The van der Waals surface area contributed by atoms with Crippen molar-refractivity contribution in [2.75, 3.05) is 6.61 Å². The largest absolute Gasteiger partial charge is 0.513 e. The molecule has 0 aliphatic rings. The van der Waals surface area contributed by atoms with E-state index in [1.165, 1.54) is 49.9 Å². The number of unbranched alkanes of at least 4 members (excludes halogenated alkanes) is 5. The monoisotopic (exact) mass is 266 g/mol. The van der Waals surface area contributed by atoms with Gasteiger partial charge < -0.3 is 14.6 Å². The molecule has 19 heavy (non-hydrogen) atoms. The molecule has 0 bridgehead atoms. The van der Waals surface area contributed by atoms with Gasteiger partial charge in [-0.25, -0.2) is 4.79 Å². The Labute approximate surface area is 114 Å². The number of ether oxygens (including phenoxy) is 2. The third kappa shape index (κ3) is 7.34. The zero-order valence-corrected chi connectivity index (χ0v) is 11.4. The summed E-state index contributed by atoms with van der Waals surface area (Å²) in [5, 5.41) is 9.08. The van der Waals surface area contributed by atoms with Crippen molar-refractivity contribution in [2.24, 2.45) is 0 Å². The molecule has 0 fully saturated rings. The SMILES string of the molecule is CCCCCCCCOC(=O)Oc1ccc(O)cc1. The van der Waals surface area contributed by atoms with Crippen molar-refractivity contribution in [1.82, 2.24) is 0 Å². The minimum absolute atomic E-state index is 0.132. The molecule has 0 aliphatic heterocycles. The van der Waals surface area contributed by atoms with Gasteiger partial charge in [0, 0.05) is 0 Å². The maximum Gasteiger partial charge on any atom is 0.513 e. The van der Waals surface area contributed by atoms with E-state index in [1.54, 1.807) is 0 Å². The Kier molecular flexibility index (Phi) is 7.47. The predicted molar refractivity (Wildman–Crippen MR) is 73.5 cm³/mol. The molecule has 0 atom stereocenters. The molecule has 0 heterocycles. The van der Waals surface area contributed by atoms with Crippen LogP contribution in [0.5, 0.6) is 11.5 Å². The van der Waals surface area contributed by atoms with Gasteiger partial charge in [0.1, 0.15) is 11.5 Å². The lowest BCUT2D eigenvalue weighted by Crippen LogP contribution is -2.11. The van der Waals surface area contributed by atoms with Gasteiger partial charge in [0.25, 0.3) is 0 Å². The van der Waals surface area contributed by atoms with Gasteiger partial charge in [0.2, 0.25) is 0 Å². The number of carbonyl (C=O) groups excluding carboxylic acids is 1. The fourth-order valence-electron chi connectivity index (χ4n) is 1.68. The van der Waals surface area contributed by atoms with Crippen LogP contribution in [0.15, 0.2) is 24.3 Å². The van der Waals surface area contributed by atoms with Gasteiger partial charge in [0.05, 0.1) is 6.61 Å². The number of carbonyl (C=O) groups is 1. The quantitative estimate of drug-likeness (QED) is 0.434. The summed E-state index contributed by atoms with van der Waals surface area (Å²) in [4.78, 5) is 11.3. The Morgan fingerprint density at radius 3 is 2.37 bits per heavy atom.